The minimum Gasteiger partial charge on any atom is -0.399 e. The summed E-state index contributed by atoms with van der Waals surface area (Å²) in [4.78, 5) is 1.38. The lowest BCUT2D eigenvalue weighted by Crippen LogP contribution is -2.21. The predicted molar refractivity (Wildman–Crippen MR) is 65.6 cm³/mol. The monoisotopic (exact) mass is 215 g/mol. The van der Waals surface area contributed by atoms with Crippen molar-refractivity contribution in [3.8, 4) is 0 Å². The molecule has 3 rings (SSSR count). The van der Waals surface area contributed by atoms with Gasteiger partial charge in [0.25, 0.3) is 0 Å². The molecule has 0 radical (unpaired) electrons. The van der Waals surface area contributed by atoms with Gasteiger partial charge in [0, 0.05) is 15.3 Å². The van der Waals surface area contributed by atoms with Crippen LogP contribution >= 0.6 is 11.8 Å². The maximum absolute atomic E-state index is 5.88. The molecule has 0 amide bonds. The van der Waals surface area contributed by atoms with Crippen molar-refractivity contribution in [1.29, 1.82) is 0 Å². The van der Waals surface area contributed by atoms with Gasteiger partial charge in [-0.2, -0.15) is 0 Å². The van der Waals surface area contributed by atoms with Gasteiger partial charge in [-0.3, -0.25) is 0 Å². The third-order valence-corrected chi connectivity index (χ3v) is 4.53. The maximum Gasteiger partial charge on any atom is 0.0469 e. The molecule has 1 aliphatic carbocycles. The van der Waals surface area contributed by atoms with Crippen LogP contribution in [0.3, 0.4) is 0 Å². The summed E-state index contributed by atoms with van der Waals surface area (Å²) >= 11 is 1.96. The minimum absolute atomic E-state index is 0.201. The summed E-state index contributed by atoms with van der Waals surface area (Å²) in [7, 11) is 0. The number of hydrogen-bond donors (Lipinski definition) is 1. The van der Waals surface area contributed by atoms with Gasteiger partial charge in [-0.05, 0) is 36.6 Å². The highest BCUT2D eigenvalue weighted by Gasteiger charge is 2.39. The van der Waals surface area contributed by atoms with Gasteiger partial charge in [-0.1, -0.05) is 24.3 Å². The van der Waals surface area contributed by atoms with Gasteiger partial charge in [-0.25, -0.2) is 0 Å². The Bertz CT molecular complexity index is 487. The molecular weight excluding hydrogens is 202 g/mol. The molecule has 1 aromatic rings. The lowest BCUT2D eigenvalue weighted by Gasteiger charge is -2.27. The zero-order valence-electron chi connectivity index (χ0n) is 8.66. The van der Waals surface area contributed by atoms with Crippen LogP contribution in [0.1, 0.15) is 18.9 Å². The van der Waals surface area contributed by atoms with Crippen LogP contribution in [0.5, 0.6) is 0 Å². The van der Waals surface area contributed by atoms with Crippen molar-refractivity contribution < 1.29 is 0 Å². The average Bonchev–Trinajstić information content (AvgIpc) is 2.51. The van der Waals surface area contributed by atoms with Crippen molar-refractivity contribution in [3.05, 3.63) is 47.7 Å². The smallest absolute Gasteiger partial charge is 0.0469 e. The summed E-state index contributed by atoms with van der Waals surface area (Å²) in [5.74, 6) is 0. The van der Waals surface area contributed by atoms with E-state index in [9.17, 15) is 0 Å². The van der Waals surface area contributed by atoms with Gasteiger partial charge < -0.3 is 5.73 Å². The Balaban J connectivity index is 2.21. The zero-order valence-corrected chi connectivity index (χ0v) is 9.47. The van der Waals surface area contributed by atoms with Crippen LogP contribution in [0.25, 0.3) is 5.57 Å². The molecule has 0 aromatic heterocycles. The molecule has 1 atom stereocenters. The van der Waals surface area contributed by atoms with E-state index in [0.717, 1.165) is 12.1 Å². The fraction of sp³-hybridized carbons (Fsp3) is 0.231. The first-order valence-corrected chi connectivity index (χ1v) is 5.97. The average molecular weight is 215 g/mol. The fourth-order valence-corrected chi connectivity index (χ4v) is 3.65. The van der Waals surface area contributed by atoms with Crippen LogP contribution in [-0.2, 0) is 0 Å². The van der Waals surface area contributed by atoms with Gasteiger partial charge >= 0.3 is 0 Å². The third-order valence-electron chi connectivity index (χ3n) is 3.12. The first kappa shape index (κ1) is 9.10. The molecule has 76 valence electrons. The SMILES string of the molecule is CC12CC=C(N)C=C1c1ccccc1S2. The van der Waals surface area contributed by atoms with Gasteiger partial charge in [0.05, 0.1) is 0 Å². The number of rotatable bonds is 0. The number of allylic oxidation sites excluding steroid dienone is 2. The van der Waals surface area contributed by atoms with Crippen molar-refractivity contribution in [2.75, 3.05) is 0 Å². The van der Waals surface area contributed by atoms with E-state index >= 15 is 0 Å². The van der Waals surface area contributed by atoms with Gasteiger partial charge in [0.15, 0.2) is 0 Å². The lowest BCUT2D eigenvalue weighted by atomic mass is 9.87. The number of hydrogen-bond acceptors (Lipinski definition) is 2. The van der Waals surface area contributed by atoms with Crippen molar-refractivity contribution in [3.63, 3.8) is 0 Å². The number of nitrogens with two attached hydrogens (primary N) is 1. The molecule has 1 heterocycles. The normalized spacial score (nSPS) is 27.8. The van der Waals surface area contributed by atoms with Crippen LogP contribution < -0.4 is 5.73 Å². The Morgan fingerprint density at radius 1 is 1.33 bits per heavy atom. The maximum atomic E-state index is 5.88. The first-order chi connectivity index (χ1) is 7.19. The second kappa shape index (κ2) is 2.92. The molecule has 0 fully saturated rings. The van der Waals surface area contributed by atoms with Crippen molar-refractivity contribution >= 4 is 17.3 Å². The minimum atomic E-state index is 0.201. The van der Waals surface area contributed by atoms with Crippen LogP contribution in [0.4, 0.5) is 0 Å². The van der Waals surface area contributed by atoms with Gasteiger partial charge in [0.1, 0.15) is 0 Å². The van der Waals surface area contributed by atoms with Crippen LogP contribution in [-0.4, -0.2) is 4.75 Å². The van der Waals surface area contributed by atoms with E-state index in [-0.39, 0.29) is 4.75 Å². The van der Waals surface area contributed by atoms with E-state index in [1.165, 1.54) is 16.0 Å². The Hall–Kier alpha value is -1.15. The molecule has 0 saturated heterocycles. The number of benzene rings is 1. The molecule has 1 unspecified atom stereocenters. The number of fused-ring (bicyclic) bond motifs is 3. The molecule has 15 heavy (non-hydrogen) atoms. The van der Waals surface area contributed by atoms with Crippen LogP contribution in [0, 0.1) is 0 Å². The first-order valence-electron chi connectivity index (χ1n) is 5.15. The predicted octanol–water partition coefficient (Wildman–Crippen LogP) is 3.18. The quantitative estimate of drug-likeness (QED) is 0.719. The van der Waals surface area contributed by atoms with Gasteiger partial charge in [-0.15, -0.1) is 11.8 Å². The molecule has 2 aliphatic rings. The summed E-state index contributed by atoms with van der Waals surface area (Å²) in [6.45, 7) is 2.30. The van der Waals surface area contributed by atoms with Crippen LogP contribution in [0.2, 0.25) is 0 Å². The zero-order chi connectivity index (χ0) is 10.5. The van der Waals surface area contributed by atoms with Crippen molar-refractivity contribution in [1.82, 2.24) is 0 Å². The largest absolute Gasteiger partial charge is 0.399 e. The lowest BCUT2D eigenvalue weighted by molar-refractivity contribution is 0.820. The Kier molecular flexibility index (Phi) is 1.77. The highest BCUT2D eigenvalue weighted by Crippen LogP contribution is 2.55. The van der Waals surface area contributed by atoms with E-state index in [1.807, 2.05) is 11.8 Å². The summed E-state index contributed by atoms with van der Waals surface area (Å²) in [6, 6.07) is 8.59. The Labute approximate surface area is 94.1 Å². The molecular formula is C13H13NS. The molecule has 2 heteroatoms. The van der Waals surface area contributed by atoms with E-state index in [2.05, 4.69) is 43.3 Å². The van der Waals surface area contributed by atoms with E-state index < -0.39 is 0 Å². The van der Waals surface area contributed by atoms with Crippen LogP contribution in [0.15, 0.2) is 47.0 Å². The second-order valence-corrected chi connectivity index (χ2v) is 5.84. The molecule has 0 saturated carbocycles. The summed E-state index contributed by atoms with van der Waals surface area (Å²) < 4.78 is 0.201. The second-order valence-electron chi connectivity index (χ2n) is 4.30. The molecule has 1 aromatic carbocycles. The van der Waals surface area contributed by atoms with Crippen molar-refractivity contribution in [2.24, 2.45) is 5.73 Å². The summed E-state index contributed by atoms with van der Waals surface area (Å²) in [5, 5.41) is 0. The highest BCUT2D eigenvalue weighted by molar-refractivity contribution is 8.01. The topological polar surface area (TPSA) is 26.0 Å². The van der Waals surface area contributed by atoms with Gasteiger partial charge in [0.2, 0.25) is 0 Å². The molecule has 0 bridgehead atoms. The van der Waals surface area contributed by atoms with E-state index in [0.29, 0.717) is 0 Å². The Morgan fingerprint density at radius 2 is 2.13 bits per heavy atom. The molecule has 1 aliphatic heterocycles. The molecule has 1 nitrogen and oxygen atoms in total. The molecule has 2 N–H and O–H groups in total. The third kappa shape index (κ3) is 1.25. The van der Waals surface area contributed by atoms with Crippen molar-refractivity contribution in [2.45, 2.75) is 23.0 Å². The molecule has 0 spiro atoms. The standard InChI is InChI=1S/C13H13NS/c1-13-7-6-9(14)8-11(13)10-4-2-3-5-12(10)15-13/h2-6,8H,7,14H2,1H3. The summed E-state index contributed by atoms with van der Waals surface area (Å²) in [6.07, 6.45) is 5.29. The number of thioether (sulfide) groups is 1. The van der Waals surface area contributed by atoms with E-state index in [1.54, 1.807) is 0 Å². The summed E-state index contributed by atoms with van der Waals surface area (Å²) in [5.41, 5.74) is 9.54. The Morgan fingerprint density at radius 3 is 3.00 bits per heavy atom. The fourth-order valence-electron chi connectivity index (χ4n) is 2.28. The van der Waals surface area contributed by atoms with E-state index in [4.69, 9.17) is 5.73 Å². The highest BCUT2D eigenvalue weighted by atomic mass is 32.2.